The number of carbonyl (C=O) groups excluding carboxylic acids is 1. The molecular formula is C13H18O6S. The van der Waals surface area contributed by atoms with Gasteiger partial charge in [-0.1, -0.05) is 13.3 Å². The van der Waals surface area contributed by atoms with E-state index in [1.807, 2.05) is 0 Å². The van der Waals surface area contributed by atoms with E-state index in [1.165, 1.54) is 12.1 Å². The van der Waals surface area contributed by atoms with Gasteiger partial charge in [0.2, 0.25) is 0 Å². The zero-order chi connectivity index (χ0) is 15.0. The zero-order valence-electron chi connectivity index (χ0n) is 11.5. The Morgan fingerprint density at radius 3 is 2.40 bits per heavy atom. The average molecular weight is 302 g/mol. The quantitative estimate of drug-likeness (QED) is 0.413. The van der Waals surface area contributed by atoms with Crippen LogP contribution in [0, 0.1) is 0 Å². The van der Waals surface area contributed by atoms with Gasteiger partial charge in [-0.3, -0.25) is 4.18 Å². The molecule has 0 aliphatic heterocycles. The lowest BCUT2D eigenvalue weighted by Crippen LogP contribution is -2.15. The highest BCUT2D eigenvalue weighted by Crippen LogP contribution is 2.18. The van der Waals surface area contributed by atoms with E-state index in [0.717, 1.165) is 20.0 Å². The minimum atomic E-state index is -3.96. The predicted molar refractivity (Wildman–Crippen MR) is 72.0 cm³/mol. The fraction of sp³-hybridized carbons (Fsp3) is 0.462. The summed E-state index contributed by atoms with van der Waals surface area (Å²) in [6.45, 7) is 1.99. The summed E-state index contributed by atoms with van der Waals surface area (Å²) in [6, 6.07) is 5.83. The largest absolute Gasteiger partial charge is 0.494 e. The van der Waals surface area contributed by atoms with Crippen LogP contribution in [0.2, 0.25) is 0 Å². The summed E-state index contributed by atoms with van der Waals surface area (Å²) in [6.07, 6.45) is 1.95. The van der Waals surface area contributed by atoms with Crippen molar-refractivity contribution in [3.8, 4) is 5.75 Å². The summed E-state index contributed by atoms with van der Waals surface area (Å²) in [5.74, 6) is -0.168. The van der Waals surface area contributed by atoms with Gasteiger partial charge in [-0.2, -0.15) is 8.42 Å². The van der Waals surface area contributed by atoms with Gasteiger partial charge >= 0.3 is 5.97 Å². The van der Waals surface area contributed by atoms with E-state index in [0.29, 0.717) is 12.4 Å². The smallest absolute Gasteiger partial charge is 0.333 e. The first kappa shape index (κ1) is 16.5. The fourth-order valence-electron chi connectivity index (χ4n) is 1.29. The molecular weight excluding hydrogens is 284 g/mol. The molecule has 0 spiro atoms. The second kappa shape index (κ2) is 7.86. The van der Waals surface area contributed by atoms with Crippen LogP contribution in [0.25, 0.3) is 0 Å². The monoisotopic (exact) mass is 302 g/mol. The maximum atomic E-state index is 11.8. The SMILES string of the molecule is CCCCOc1ccc(S(=O)(=O)OCC(=O)OC)cc1. The van der Waals surface area contributed by atoms with Crippen molar-refractivity contribution in [1.82, 2.24) is 0 Å². The number of esters is 1. The number of hydrogen-bond acceptors (Lipinski definition) is 6. The van der Waals surface area contributed by atoms with Gasteiger partial charge in [0, 0.05) is 0 Å². The first-order valence-electron chi connectivity index (χ1n) is 6.18. The van der Waals surface area contributed by atoms with Gasteiger partial charge in [0.05, 0.1) is 18.6 Å². The number of carbonyl (C=O) groups is 1. The molecule has 6 nitrogen and oxygen atoms in total. The van der Waals surface area contributed by atoms with Crippen LogP contribution in [0.5, 0.6) is 5.75 Å². The van der Waals surface area contributed by atoms with E-state index >= 15 is 0 Å². The lowest BCUT2D eigenvalue weighted by Gasteiger charge is -2.07. The van der Waals surface area contributed by atoms with E-state index in [4.69, 9.17) is 4.74 Å². The number of hydrogen-bond donors (Lipinski definition) is 0. The molecule has 0 atom stereocenters. The Hall–Kier alpha value is -1.60. The molecule has 20 heavy (non-hydrogen) atoms. The Balaban J connectivity index is 2.64. The van der Waals surface area contributed by atoms with Crippen LogP contribution < -0.4 is 4.74 Å². The molecule has 0 amide bonds. The van der Waals surface area contributed by atoms with E-state index in [1.54, 1.807) is 12.1 Å². The normalized spacial score (nSPS) is 11.1. The Bertz CT molecular complexity index is 520. The van der Waals surface area contributed by atoms with Crippen LogP contribution in [0.15, 0.2) is 29.2 Å². The fourth-order valence-corrected chi connectivity index (χ4v) is 2.15. The lowest BCUT2D eigenvalue weighted by molar-refractivity contribution is -0.142. The first-order valence-corrected chi connectivity index (χ1v) is 7.59. The highest BCUT2D eigenvalue weighted by atomic mass is 32.2. The van der Waals surface area contributed by atoms with Gasteiger partial charge in [0.1, 0.15) is 5.75 Å². The molecule has 0 N–H and O–H groups in total. The lowest BCUT2D eigenvalue weighted by atomic mass is 10.3. The Morgan fingerprint density at radius 1 is 1.20 bits per heavy atom. The van der Waals surface area contributed by atoms with E-state index in [2.05, 4.69) is 15.8 Å². The minimum absolute atomic E-state index is 0.0377. The summed E-state index contributed by atoms with van der Waals surface area (Å²) in [5.41, 5.74) is 0. The third-order valence-electron chi connectivity index (χ3n) is 2.44. The van der Waals surface area contributed by atoms with Gasteiger partial charge in [-0.15, -0.1) is 0 Å². The van der Waals surface area contributed by atoms with Gasteiger partial charge in [-0.25, -0.2) is 4.79 Å². The topological polar surface area (TPSA) is 78.9 Å². The molecule has 0 saturated heterocycles. The molecule has 0 saturated carbocycles. The molecule has 0 heterocycles. The molecule has 0 bridgehead atoms. The van der Waals surface area contributed by atoms with Gasteiger partial charge in [0.15, 0.2) is 6.61 Å². The van der Waals surface area contributed by atoms with Gasteiger partial charge < -0.3 is 9.47 Å². The van der Waals surface area contributed by atoms with Crippen LogP contribution in [0.4, 0.5) is 0 Å². The molecule has 0 unspecified atom stereocenters. The van der Waals surface area contributed by atoms with Crippen molar-refractivity contribution in [2.45, 2.75) is 24.7 Å². The molecule has 0 radical (unpaired) electrons. The van der Waals surface area contributed by atoms with Crippen LogP contribution in [0.1, 0.15) is 19.8 Å². The molecule has 112 valence electrons. The molecule has 0 aliphatic carbocycles. The van der Waals surface area contributed by atoms with Crippen LogP contribution in [0.3, 0.4) is 0 Å². The minimum Gasteiger partial charge on any atom is -0.494 e. The first-order chi connectivity index (χ1) is 9.49. The number of rotatable bonds is 8. The molecule has 7 heteroatoms. The Kier molecular flexibility index (Phi) is 6.47. The summed E-state index contributed by atoms with van der Waals surface area (Å²) < 4.78 is 37.8. The van der Waals surface area contributed by atoms with E-state index in [-0.39, 0.29) is 4.90 Å². The van der Waals surface area contributed by atoms with Crippen molar-refractivity contribution in [2.24, 2.45) is 0 Å². The molecule has 0 fully saturated rings. The van der Waals surface area contributed by atoms with Crippen LogP contribution in [-0.2, 0) is 23.8 Å². The third-order valence-corrected chi connectivity index (χ3v) is 3.72. The van der Waals surface area contributed by atoms with Crippen LogP contribution in [-0.4, -0.2) is 34.7 Å². The highest BCUT2D eigenvalue weighted by molar-refractivity contribution is 7.86. The highest BCUT2D eigenvalue weighted by Gasteiger charge is 2.17. The predicted octanol–water partition coefficient (Wildman–Crippen LogP) is 1.74. The van der Waals surface area contributed by atoms with Crippen molar-refractivity contribution >= 4 is 16.1 Å². The van der Waals surface area contributed by atoms with Crippen molar-refractivity contribution < 1.29 is 26.9 Å². The van der Waals surface area contributed by atoms with E-state index in [9.17, 15) is 13.2 Å². The second-order valence-electron chi connectivity index (χ2n) is 3.97. The Labute approximate surface area is 118 Å². The van der Waals surface area contributed by atoms with Crippen molar-refractivity contribution in [2.75, 3.05) is 20.3 Å². The third kappa shape index (κ3) is 5.18. The second-order valence-corrected chi connectivity index (χ2v) is 5.58. The number of ether oxygens (including phenoxy) is 2. The van der Waals surface area contributed by atoms with Crippen molar-refractivity contribution in [3.63, 3.8) is 0 Å². The maximum absolute atomic E-state index is 11.8. The number of methoxy groups -OCH3 is 1. The summed E-state index contributed by atoms with van der Waals surface area (Å²) in [4.78, 5) is 10.8. The van der Waals surface area contributed by atoms with E-state index < -0.39 is 22.7 Å². The summed E-state index contributed by atoms with van der Waals surface area (Å²) >= 11 is 0. The summed E-state index contributed by atoms with van der Waals surface area (Å²) in [7, 11) is -2.81. The van der Waals surface area contributed by atoms with Crippen LogP contribution >= 0.6 is 0 Å². The number of unbranched alkanes of at least 4 members (excludes halogenated alkanes) is 1. The van der Waals surface area contributed by atoms with Crippen molar-refractivity contribution in [1.29, 1.82) is 0 Å². The molecule has 1 rings (SSSR count). The maximum Gasteiger partial charge on any atom is 0.333 e. The molecule has 0 aromatic heterocycles. The molecule has 1 aromatic rings. The zero-order valence-corrected chi connectivity index (χ0v) is 12.3. The molecule has 1 aromatic carbocycles. The number of benzene rings is 1. The standard InChI is InChI=1S/C13H18O6S/c1-3-4-9-18-11-5-7-12(8-6-11)20(15,16)19-10-13(14)17-2/h5-8H,3-4,9-10H2,1-2H3. The average Bonchev–Trinajstić information content (AvgIpc) is 2.45. The molecule has 0 aliphatic rings. The summed E-state index contributed by atoms with van der Waals surface area (Å²) in [5, 5.41) is 0. The van der Waals surface area contributed by atoms with Gasteiger partial charge in [-0.05, 0) is 30.7 Å². The van der Waals surface area contributed by atoms with Crippen molar-refractivity contribution in [3.05, 3.63) is 24.3 Å². The van der Waals surface area contributed by atoms with Gasteiger partial charge in [0.25, 0.3) is 10.1 Å². The Morgan fingerprint density at radius 2 is 1.85 bits per heavy atom.